The third-order valence-electron chi connectivity index (χ3n) is 4.29. The van der Waals surface area contributed by atoms with Crippen LogP contribution in [0.1, 0.15) is 30.1 Å². The highest BCUT2D eigenvalue weighted by Gasteiger charge is 2.56. The first-order valence-corrected chi connectivity index (χ1v) is 6.58. The summed E-state index contributed by atoms with van der Waals surface area (Å²) in [6.07, 6.45) is 1.49. The van der Waals surface area contributed by atoms with E-state index in [1.165, 1.54) is 0 Å². The number of carboxylic acid groups (broad SMARTS) is 1. The molecule has 1 aliphatic rings. The van der Waals surface area contributed by atoms with Gasteiger partial charge < -0.3 is 15.4 Å². The van der Waals surface area contributed by atoms with Crippen LogP contribution >= 0.6 is 0 Å². The minimum Gasteiger partial charge on any atom is -0.481 e. The summed E-state index contributed by atoms with van der Waals surface area (Å²) in [5.41, 5.74) is 2.58. The van der Waals surface area contributed by atoms with Gasteiger partial charge in [0.1, 0.15) is 0 Å². The van der Waals surface area contributed by atoms with Crippen molar-refractivity contribution in [3.63, 3.8) is 0 Å². The molecule has 1 aromatic heterocycles. The van der Waals surface area contributed by atoms with Gasteiger partial charge in [0.15, 0.2) is 0 Å². The predicted octanol–water partition coefficient (Wildman–Crippen LogP) is 2.60. The molecule has 0 bridgehead atoms. The summed E-state index contributed by atoms with van der Waals surface area (Å²) < 4.78 is 0. The number of rotatable bonds is 4. The number of carboxylic acids is 1. The fourth-order valence-corrected chi connectivity index (χ4v) is 3.13. The van der Waals surface area contributed by atoms with Crippen LogP contribution in [0.5, 0.6) is 0 Å². The number of aromatic amines is 1. The van der Waals surface area contributed by atoms with Gasteiger partial charge >= 0.3 is 5.97 Å². The fraction of sp³-hybridized carbons (Fsp3) is 0.400. The van der Waals surface area contributed by atoms with Gasteiger partial charge in [-0.2, -0.15) is 0 Å². The van der Waals surface area contributed by atoms with E-state index < -0.39 is 11.4 Å². The summed E-state index contributed by atoms with van der Waals surface area (Å²) in [6, 6.07) is 7.92. The maximum Gasteiger partial charge on any atom is 0.311 e. The zero-order valence-corrected chi connectivity index (χ0v) is 11.2. The molecule has 100 valence electrons. The van der Waals surface area contributed by atoms with Crippen molar-refractivity contribution < 1.29 is 9.90 Å². The second kappa shape index (κ2) is 4.10. The van der Waals surface area contributed by atoms with Crippen molar-refractivity contribution in [3.8, 4) is 0 Å². The van der Waals surface area contributed by atoms with Crippen LogP contribution in [0.15, 0.2) is 24.3 Å². The van der Waals surface area contributed by atoms with Crippen molar-refractivity contribution >= 4 is 16.9 Å². The molecule has 1 fully saturated rings. The smallest absolute Gasteiger partial charge is 0.311 e. The number of benzene rings is 1. The Morgan fingerprint density at radius 3 is 2.68 bits per heavy atom. The van der Waals surface area contributed by atoms with E-state index in [9.17, 15) is 9.90 Å². The Morgan fingerprint density at radius 2 is 2.11 bits per heavy atom. The Kier molecular flexibility index (Phi) is 2.64. The molecule has 4 heteroatoms. The standard InChI is InChI=1S/C15H18N2O2/c1-9-12(10-5-3-4-6-11(10)17-9)13(16-2)15(7-8-15)14(18)19/h3-6,13,16-17H,7-8H2,1-2H3,(H,18,19). The quantitative estimate of drug-likeness (QED) is 0.789. The largest absolute Gasteiger partial charge is 0.481 e. The van der Waals surface area contributed by atoms with E-state index in [0.29, 0.717) is 0 Å². The van der Waals surface area contributed by atoms with E-state index in [1.807, 2.05) is 32.2 Å². The molecule has 0 saturated heterocycles. The molecular weight excluding hydrogens is 240 g/mol. The van der Waals surface area contributed by atoms with Gasteiger partial charge in [-0.05, 0) is 38.4 Å². The minimum absolute atomic E-state index is 0.138. The minimum atomic E-state index is -0.698. The van der Waals surface area contributed by atoms with Crippen LogP contribution in [-0.2, 0) is 4.79 Å². The average Bonchev–Trinajstić information content (AvgIpc) is 3.12. The molecule has 2 aromatic rings. The third kappa shape index (κ3) is 1.67. The van der Waals surface area contributed by atoms with E-state index in [1.54, 1.807) is 0 Å². The highest BCUT2D eigenvalue weighted by atomic mass is 16.4. The Morgan fingerprint density at radius 1 is 1.42 bits per heavy atom. The second-order valence-electron chi connectivity index (χ2n) is 5.39. The van der Waals surface area contributed by atoms with Crippen LogP contribution < -0.4 is 5.32 Å². The topological polar surface area (TPSA) is 65.1 Å². The molecule has 0 amide bonds. The SMILES string of the molecule is CNC(c1c(C)[nH]c2ccccc12)C1(C(=O)O)CC1. The molecule has 0 spiro atoms. The predicted molar refractivity (Wildman–Crippen MR) is 74.1 cm³/mol. The Labute approximate surface area is 111 Å². The summed E-state index contributed by atoms with van der Waals surface area (Å²) in [4.78, 5) is 14.9. The second-order valence-corrected chi connectivity index (χ2v) is 5.39. The number of aliphatic carboxylic acids is 1. The molecule has 0 aliphatic heterocycles. The number of hydrogen-bond donors (Lipinski definition) is 3. The highest BCUT2D eigenvalue weighted by Crippen LogP contribution is 2.56. The molecule has 3 N–H and O–H groups in total. The third-order valence-corrected chi connectivity index (χ3v) is 4.29. The molecule has 1 aromatic carbocycles. The van der Waals surface area contributed by atoms with Crippen molar-refractivity contribution in [2.75, 3.05) is 7.05 Å². The van der Waals surface area contributed by atoms with Gasteiger partial charge in [-0.1, -0.05) is 18.2 Å². The summed E-state index contributed by atoms with van der Waals surface area (Å²) in [6.45, 7) is 2.01. The zero-order valence-electron chi connectivity index (χ0n) is 11.2. The normalized spacial score (nSPS) is 18.4. The van der Waals surface area contributed by atoms with Gasteiger partial charge in [0.2, 0.25) is 0 Å². The molecule has 19 heavy (non-hydrogen) atoms. The molecule has 0 radical (unpaired) electrons. The lowest BCUT2D eigenvalue weighted by molar-refractivity contribution is -0.144. The van der Waals surface area contributed by atoms with E-state index >= 15 is 0 Å². The number of fused-ring (bicyclic) bond motifs is 1. The van der Waals surface area contributed by atoms with Gasteiger partial charge in [0.05, 0.1) is 11.5 Å². The molecular formula is C15H18N2O2. The Hall–Kier alpha value is -1.81. The zero-order chi connectivity index (χ0) is 13.6. The number of carbonyl (C=O) groups is 1. The maximum absolute atomic E-state index is 11.6. The Bertz CT molecular complexity index is 641. The lowest BCUT2D eigenvalue weighted by atomic mass is 9.88. The molecule has 3 rings (SSSR count). The summed E-state index contributed by atoms with van der Waals surface area (Å²) in [5, 5.41) is 13.9. The van der Waals surface area contributed by atoms with Gasteiger partial charge in [-0.25, -0.2) is 0 Å². The van der Waals surface area contributed by atoms with Crippen LogP contribution in [0.25, 0.3) is 10.9 Å². The molecule has 1 atom stereocenters. The molecule has 1 heterocycles. The molecule has 4 nitrogen and oxygen atoms in total. The number of aryl methyl sites for hydroxylation is 1. The van der Waals surface area contributed by atoms with Crippen LogP contribution in [0, 0.1) is 12.3 Å². The Balaban J connectivity index is 2.17. The number of aromatic nitrogens is 1. The van der Waals surface area contributed by atoms with Crippen molar-refractivity contribution in [3.05, 3.63) is 35.5 Å². The van der Waals surface area contributed by atoms with Gasteiger partial charge in [-0.15, -0.1) is 0 Å². The van der Waals surface area contributed by atoms with Gasteiger partial charge in [0, 0.05) is 16.6 Å². The number of H-pyrrole nitrogens is 1. The first-order chi connectivity index (χ1) is 9.10. The van der Waals surface area contributed by atoms with E-state index in [4.69, 9.17) is 0 Å². The van der Waals surface area contributed by atoms with Crippen molar-refractivity contribution in [1.82, 2.24) is 10.3 Å². The first kappa shape index (κ1) is 12.2. The lowest BCUT2D eigenvalue weighted by Gasteiger charge is -2.24. The summed E-state index contributed by atoms with van der Waals surface area (Å²) >= 11 is 0. The first-order valence-electron chi connectivity index (χ1n) is 6.58. The van der Waals surface area contributed by atoms with Crippen LogP contribution in [-0.4, -0.2) is 23.1 Å². The van der Waals surface area contributed by atoms with Crippen LogP contribution in [0.4, 0.5) is 0 Å². The monoisotopic (exact) mass is 258 g/mol. The number of hydrogen-bond acceptors (Lipinski definition) is 2. The highest BCUT2D eigenvalue weighted by molar-refractivity contribution is 5.87. The van der Waals surface area contributed by atoms with E-state index in [-0.39, 0.29) is 6.04 Å². The number of para-hydroxylation sites is 1. The van der Waals surface area contributed by atoms with E-state index in [2.05, 4.69) is 16.4 Å². The number of nitrogens with one attached hydrogen (secondary N) is 2. The molecule has 1 saturated carbocycles. The average molecular weight is 258 g/mol. The summed E-state index contributed by atoms with van der Waals surface area (Å²) in [7, 11) is 1.84. The summed E-state index contributed by atoms with van der Waals surface area (Å²) in [5.74, 6) is -0.698. The van der Waals surface area contributed by atoms with Crippen molar-refractivity contribution in [1.29, 1.82) is 0 Å². The molecule has 1 aliphatic carbocycles. The van der Waals surface area contributed by atoms with Crippen molar-refractivity contribution in [2.24, 2.45) is 5.41 Å². The van der Waals surface area contributed by atoms with Gasteiger partial charge in [-0.3, -0.25) is 4.79 Å². The van der Waals surface area contributed by atoms with Crippen LogP contribution in [0.3, 0.4) is 0 Å². The fourth-order valence-electron chi connectivity index (χ4n) is 3.13. The van der Waals surface area contributed by atoms with Crippen LogP contribution in [0.2, 0.25) is 0 Å². The van der Waals surface area contributed by atoms with Gasteiger partial charge in [0.25, 0.3) is 0 Å². The lowest BCUT2D eigenvalue weighted by Crippen LogP contribution is -2.32. The van der Waals surface area contributed by atoms with Crippen molar-refractivity contribution in [2.45, 2.75) is 25.8 Å². The van der Waals surface area contributed by atoms with E-state index in [0.717, 1.165) is 35.0 Å². The maximum atomic E-state index is 11.6. The molecule has 1 unspecified atom stereocenters.